The molecule has 0 unspecified atom stereocenters. The highest BCUT2D eigenvalue weighted by molar-refractivity contribution is 7.99. The average Bonchev–Trinajstić information content (AvgIpc) is 4.13. The summed E-state index contributed by atoms with van der Waals surface area (Å²) in [4.78, 5) is 19.3. The Hall–Kier alpha value is -4.06. The van der Waals surface area contributed by atoms with Crippen molar-refractivity contribution in [1.82, 2.24) is 14.5 Å². The maximum Gasteiger partial charge on any atom is 0.501 e. The Labute approximate surface area is 391 Å². The number of sulfone groups is 1. The molecule has 3 aliphatic rings. The summed E-state index contributed by atoms with van der Waals surface area (Å²) < 4.78 is 98.1. The Balaban J connectivity index is 1.02. The third-order valence-electron chi connectivity index (χ3n) is 12.1. The molecule has 1 saturated carbocycles. The van der Waals surface area contributed by atoms with Crippen LogP contribution in [0.4, 0.5) is 24.5 Å². The van der Waals surface area contributed by atoms with E-state index >= 15 is 0 Å². The van der Waals surface area contributed by atoms with E-state index in [1.54, 1.807) is 12.1 Å². The number of alkyl halides is 3. The van der Waals surface area contributed by atoms with E-state index in [-0.39, 0.29) is 11.3 Å². The van der Waals surface area contributed by atoms with Crippen molar-refractivity contribution >= 4 is 66.1 Å². The summed E-state index contributed by atoms with van der Waals surface area (Å²) in [5, 5.41) is 3.77. The molecule has 17 heteroatoms. The molecule has 0 bridgehead atoms. The molecule has 1 atom stereocenters. The molecule has 1 aliphatic heterocycles. The minimum absolute atomic E-state index is 0.00724. The molecule has 4 aromatic rings. The highest BCUT2D eigenvalue weighted by atomic mass is 35.5. The number of rotatable bonds is 19. The van der Waals surface area contributed by atoms with Crippen LogP contribution in [0.25, 0.3) is 5.57 Å². The van der Waals surface area contributed by atoms with Gasteiger partial charge in [0.25, 0.3) is 25.8 Å². The number of hydrogen-bond acceptors (Lipinski definition) is 10. The van der Waals surface area contributed by atoms with Gasteiger partial charge in [-0.15, -0.1) is 11.8 Å². The second-order valence-corrected chi connectivity index (χ2v) is 22.6. The molecule has 1 heterocycles. The number of piperazine rings is 1. The van der Waals surface area contributed by atoms with Crippen molar-refractivity contribution in [1.29, 1.82) is 0 Å². The number of carbonyl (C=O) groups is 1. The summed E-state index contributed by atoms with van der Waals surface area (Å²) in [6.45, 7) is 9.80. The van der Waals surface area contributed by atoms with Crippen LogP contribution in [0.1, 0.15) is 74.7 Å². The first-order valence-corrected chi connectivity index (χ1v) is 26.5. The molecule has 2 N–H and O–H groups in total. The van der Waals surface area contributed by atoms with Gasteiger partial charge >= 0.3 is 5.51 Å². The molecule has 65 heavy (non-hydrogen) atoms. The van der Waals surface area contributed by atoms with Gasteiger partial charge in [-0.1, -0.05) is 61.4 Å². The minimum Gasteiger partial charge on any atom is -0.380 e. The fourth-order valence-corrected chi connectivity index (χ4v) is 11.7. The second-order valence-electron chi connectivity index (χ2n) is 17.5. The molecule has 4 aromatic carbocycles. The first kappa shape index (κ1) is 48.9. The zero-order chi connectivity index (χ0) is 46.4. The Morgan fingerprint density at radius 2 is 1.55 bits per heavy atom. The summed E-state index contributed by atoms with van der Waals surface area (Å²) in [6, 6.07) is 26.4. The minimum atomic E-state index is -6.05. The Morgan fingerprint density at radius 1 is 0.877 bits per heavy atom. The number of nitrogens with one attached hydrogen (secondary N) is 2. The van der Waals surface area contributed by atoms with Gasteiger partial charge in [-0.05, 0) is 129 Å². The van der Waals surface area contributed by atoms with E-state index in [2.05, 4.69) is 46.0 Å². The molecule has 1 amide bonds. The lowest BCUT2D eigenvalue weighted by atomic mass is 9.87. The van der Waals surface area contributed by atoms with E-state index < -0.39 is 47.1 Å². The molecular weight excluding hydrogens is 915 g/mol. The zero-order valence-electron chi connectivity index (χ0n) is 36.7. The van der Waals surface area contributed by atoms with E-state index in [0.29, 0.717) is 36.7 Å². The van der Waals surface area contributed by atoms with Crippen LogP contribution in [0.15, 0.2) is 117 Å². The van der Waals surface area contributed by atoms with Gasteiger partial charge in [0.2, 0.25) is 0 Å². The topological polar surface area (TPSA) is 119 Å². The van der Waals surface area contributed by atoms with Crippen LogP contribution in [-0.2, 0) is 19.9 Å². The summed E-state index contributed by atoms with van der Waals surface area (Å²) in [7, 11) is -10.9. The molecule has 2 aliphatic carbocycles. The van der Waals surface area contributed by atoms with E-state index in [4.69, 9.17) is 11.6 Å². The number of anilines is 2. The van der Waals surface area contributed by atoms with Crippen molar-refractivity contribution in [3.8, 4) is 0 Å². The third kappa shape index (κ3) is 12.9. The van der Waals surface area contributed by atoms with Crippen molar-refractivity contribution in [3.63, 3.8) is 0 Å². The van der Waals surface area contributed by atoms with Gasteiger partial charge in [0.1, 0.15) is 4.90 Å². The van der Waals surface area contributed by atoms with Gasteiger partial charge in [0.05, 0.1) is 10.6 Å². The van der Waals surface area contributed by atoms with Crippen molar-refractivity contribution < 1.29 is 34.8 Å². The summed E-state index contributed by atoms with van der Waals surface area (Å²) in [5.41, 5.74) is -1.14. The number of benzene rings is 4. The molecule has 0 spiro atoms. The maximum atomic E-state index is 14.2. The summed E-state index contributed by atoms with van der Waals surface area (Å²) >= 11 is 7.63. The largest absolute Gasteiger partial charge is 0.501 e. The van der Waals surface area contributed by atoms with Crippen molar-refractivity contribution in [2.45, 2.75) is 91.1 Å². The monoisotopic (exact) mass is 971 g/mol. The predicted octanol–water partition coefficient (Wildman–Crippen LogP) is 9.99. The number of allylic oxidation sites excluding steroid dienone is 1. The number of halogens is 4. The van der Waals surface area contributed by atoms with Crippen LogP contribution < -0.4 is 14.9 Å². The van der Waals surface area contributed by atoms with E-state index in [1.807, 2.05) is 47.2 Å². The number of thioether (sulfide) groups is 1. The Kier molecular flexibility index (Phi) is 16.0. The van der Waals surface area contributed by atoms with Crippen LogP contribution >= 0.6 is 23.4 Å². The van der Waals surface area contributed by atoms with Crippen molar-refractivity contribution in [2.75, 3.05) is 61.8 Å². The smallest absolute Gasteiger partial charge is 0.380 e. The molecule has 0 aromatic heterocycles. The van der Waals surface area contributed by atoms with Crippen LogP contribution in [0.5, 0.6) is 0 Å². The quantitative estimate of drug-likeness (QED) is 0.0880. The van der Waals surface area contributed by atoms with E-state index in [9.17, 15) is 34.8 Å². The zero-order valence-corrected chi connectivity index (χ0v) is 39.9. The first-order chi connectivity index (χ1) is 31.0. The van der Waals surface area contributed by atoms with Gasteiger partial charge < -0.3 is 15.1 Å². The normalized spacial score (nSPS) is 17.1. The number of hydrogen-bond donors (Lipinski definition) is 2. The highest BCUT2D eigenvalue weighted by Crippen LogP contribution is 2.38. The van der Waals surface area contributed by atoms with Crippen LogP contribution in [0.2, 0.25) is 5.02 Å². The molecule has 350 valence electrons. The van der Waals surface area contributed by atoms with E-state index in [0.717, 1.165) is 92.7 Å². The average molecular weight is 973 g/mol. The molecular formula is C48H57ClF3N5O5S3. The second kappa shape index (κ2) is 21.3. The predicted molar refractivity (Wildman–Crippen MR) is 255 cm³/mol. The molecule has 2 fully saturated rings. The lowest BCUT2D eigenvalue weighted by molar-refractivity contribution is -0.0435. The lowest BCUT2D eigenvalue weighted by Crippen LogP contribution is -2.47. The molecule has 10 nitrogen and oxygen atoms in total. The lowest BCUT2D eigenvalue weighted by Gasteiger charge is -2.37. The molecule has 1 saturated heterocycles. The maximum absolute atomic E-state index is 14.2. The number of nitrogens with zero attached hydrogens (tertiary/aromatic N) is 3. The SMILES string of the molecule is CC(C)CN(CC[C@H](CSc1ccccc1)Nc1ccc(S(=O)(=O)NC(=O)c2ccc(N3CCN(CC4=C(c5ccc(Cl)cc5)CCCC4)CC3)cc2)cc1S(=O)(=O)C(F)(F)F)C1CC1. The van der Waals surface area contributed by atoms with Gasteiger partial charge in [0, 0.05) is 84.8 Å². The van der Waals surface area contributed by atoms with E-state index in [1.165, 1.54) is 53.4 Å². The summed E-state index contributed by atoms with van der Waals surface area (Å²) in [5.74, 6) is -0.219. The van der Waals surface area contributed by atoms with Crippen molar-refractivity contribution in [3.05, 3.63) is 119 Å². The van der Waals surface area contributed by atoms with Gasteiger partial charge in [-0.3, -0.25) is 9.69 Å². The fourth-order valence-electron chi connectivity index (χ4n) is 8.56. The van der Waals surface area contributed by atoms with Crippen LogP contribution in [-0.4, -0.2) is 102 Å². The highest BCUT2D eigenvalue weighted by Gasteiger charge is 2.48. The molecule has 0 radical (unpaired) electrons. The number of carbonyl (C=O) groups excluding carboxylic acids is 1. The van der Waals surface area contributed by atoms with Crippen LogP contribution in [0.3, 0.4) is 0 Å². The Morgan fingerprint density at radius 3 is 2.20 bits per heavy atom. The third-order valence-corrected chi connectivity index (χ3v) is 16.4. The van der Waals surface area contributed by atoms with Crippen LogP contribution in [0, 0.1) is 5.92 Å². The Bertz CT molecular complexity index is 2520. The van der Waals surface area contributed by atoms with Gasteiger partial charge in [0.15, 0.2) is 0 Å². The standard InChI is InChI=1S/C48H57ClF3N5O5S3/c1-34(2)31-57(41-20-21-41)25-24-39(33-63-42-9-4-3-5-10-42)53-45-23-22-43(30-46(45)64(59,60)48(50,51)52)65(61,62)54-47(58)36-14-18-40(19-15-36)56-28-26-55(27-29-56)32-37-8-6-7-11-44(37)35-12-16-38(49)17-13-35/h3-5,9-10,12-19,22-23,30,34,39,41,53H,6-8,11,20-21,24-29,31-33H2,1-2H3,(H,54,58)/t39-/m1/s1. The molecule has 7 rings (SSSR count). The number of amides is 1. The number of sulfonamides is 1. The fraction of sp³-hybridized carbons (Fsp3) is 0.438. The van der Waals surface area contributed by atoms with Gasteiger partial charge in [-0.2, -0.15) is 13.2 Å². The first-order valence-electron chi connectivity index (χ1n) is 22.2. The summed E-state index contributed by atoms with van der Waals surface area (Å²) in [6.07, 6.45) is 7.09. The van der Waals surface area contributed by atoms with Gasteiger partial charge in [-0.25, -0.2) is 21.6 Å². The van der Waals surface area contributed by atoms with Crippen molar-refractivity contribution in [2.24, 2.45) is 5.92 Å².